The van der Waals surface area contributed by atoms with Crippen LogP contribution in [-0.4, -0.2) is 5.11 Å². The van der Waals surface area contributed by atoms with Gasteiger partial charge in [-0.05, 0) is 60.1 Å². The first kappa shape index (κ1) is 13.7. The normalized spacial score (nSPS) is 16.8. The van der Waals surface area contributed by atoms with Gasteiger partial charge in [0.05, 0.1) is 0 Å². The van der Waals surface area contributed by atoms with Crippen molar-refractivity contribution in [1.29, 1.82) is 0 Å². The van der Waals surface area contributed by atoms with E-state index in [2.05, 4.69) is 12.1 Å². The van der Waals surface area contributed by atoms with Gasteiger partial charge in [-0.2, -0.15) is 0 Å². The zero-order valence-electron chi connectivity index (χ0n) is 11.6. The van der Waals surface area contributed by atoms with Crippen LogP contribution in [0.1, 0.15) is 53.5 Å². The third-order valence-electron chi connectivity index (χ3n) is 4.21. The summed E-state index contributed by atoms with van der Waals surface area (Å²) in [6, 6.07) is 14.1. The molecule has 0 aromatic heterocycles. The van der Waals surface area contributed by atoms with Crippen molar-refractivity contribution >= 4 is 11.6 Å². The van der Waals surface area contributed by atoms with Crippen molar-refractivity contribution in [1.82, 2.24) is 0 Å². The molecule has 0 aliphatic heterocycles. The summed E-state index contributed by atoms with van der Waals surface area (Å²) in [7, 11) is 0. The van der Waals surface area contributed by atoms with Gasteiger partial charge >= 0.3 is 0 Å². The standard InChI is InChI=1S/C18H19ClO/c1-12-9-16(11-17(19)10-12)18(20)15-7-5-14(6-8-15)13-3-2-4-13/h5-11,13,18,20H,2-4H2,1H3. The van der Waals surface area contributed by atoms with E-state index in [4.69, 9.17) is 11.6 Å². The summed E-state index contributed by atoms with van der Waals surface area (Å²) in [5.41, 5.74) is 4.24. The molecule has 1 atom stereocenters. The maximum Gasteiger partial charge on any atom is 0.104 e. The van der Waals surface area contributed by atoms with E-state index < -0.39 is 6.10 Å². The molecule has 0 saturated heterocycles. The maximum atomic E-state index is 10.5. The van der Waals surface area contributed by atoms with Crippen LogP contribution in [-0.2, 0) is 0 Å². The lowest BCUT2D eigenvalue weighted by Gasteiger charge is -2.26. The lowest BCUT2D eigenvalue weighted by Crippen LogP contribution is -2.09. The molecule has 2 aromatic rings. The molecule has 0 amide bonds. The molecule has 1 aliphatic carbocycles. The number of rotatable bonds is 3. The first-order valence-corrected chi connectivity index (χ1v) is 7.56. The third-order valence-corrected chi connectivity index (χ3v) is 4.43. The quantitative estimate of drug-likeness (QED) is 0.842. The van der Waals surface area contributed by atoms with Gasteiger partial charge in [-0.3, -0.25) is 0 Å². The number of hydrogen-bond donors (Lipinski definition) is 1. The molecule has 0 radical (unpaired) electrons. The minimum atomic E-state index is -0.608. The molecule has 2 aromatic carbocycles. The molecule has 1 saturated carbocycles. The van der Waals surface area contributed by atoms with Crippen molar-refractivity contribution in [2.24, 2.45) is 0 Å². The average molecular weight is 287 g/mol. The van der Waals surface area contributed by atoms with E-state index in [0.717, 1.165) is 22.6 Å². The molecule has 3 rings (SSSR count). The molecule has 104 valence electrons. The van der Waals surface area contributed by atoms with Gasteiger partial charge in [0.1, 0.15) is 6.10 Å². The molecule has 1 fully saturated rings. The molecule has 0 bridgehead atoms. The summed E-state index contributed by atoms with van der Waals surface area (Å²) < 4.78 is 0. The number of aliphatic hydroxyl groups is 1. The summed E-state index contributed by atoms with van der Waals surface area (Å²) in [4.78, 5) is 0. The largest absolute Gasteiger partial charge is 0.384 e. The van der Waals surface area contributed by atoms with E-state index in [-0.39, 0.29) is 0 Å². The zero-order chi connectivity index (χ0) is 14.1. The molecular weight excluding hydrogens is 268 g/mol. The first-order chi connectivity index (χ1) is 9.63. The van der Waals surface area contributed by atoms with Crippen molar-refractivity contribution in [3.8, 4) is 0 Å². The summed E-state index contributed by atoms with van der Waals surface area (Å²) in [5, 5.41) is 11.2. The Morgan fingerprint density at radius 3 is 2.30 bits per heavy atom. The van der Waals surface area contributed by atoms with Crippen LogP contribution in [0.2, 0.25) is 5.02 Å². The highest BCUT2D eigenvalue weighted by Gasteiger charge is 2.19. The van der Waals surface area contributed by atoms with Crippen molar-refractivity contribution in [3.63, 3.8) is 0 Å². The molecule has 20 heavy (non-hydrogen) atoms. The Labute approximate surface area is 125 Å². The monoisotopic (exact) mass is 286 g/mol. The summed E-state index contributed by atoms with van der Waals surface area (Å²) in [6.45, 7) is 1.99. The van der Waals surface area contributed by atoms with Crippen LogP contribution in [0.15, 0.2) is 42.5 Å². The summed E-state index contributed by atoms with van der Waals surface area (Å²) >= 11 is 6.06. The van der Waals surface area contributed by atoms with Gasteiger partial charge in [0, 0.05) is 5.02 Å². The number of hydrogen-bond acceptors (Lipinski definition) is 1. The third kappa shape index (κ3) is 2.74. The average Bonchev–Trinajstić information content (AvgIpc) is 2.35. The molecular formula is C18H19ClO. The van der Waals surface area contributed by atoms with E-state index in [1.54, 1.807) is 0 Å². The SMILES string of the molecule is Cc1cc(Cl)cc(C(O)c2ccc(C3CCC3)cc2)c1. The number of benzene rings is 2. The van der Waals surface area contributed by atoms with Crippen LogP contribution in [0.3, 0.4) is 0 Å². The Kier molecular flexibility index (Phi) is 3.82. The predicted molar refractivity (Wildman–Crippen MR) is 83.3 cm³/mol. The Morgan fingerprint density at radius 2 is 1.75 bits per heavy atom. The van der Waals surface area contributed by atoms with Gasteiger partial charge in [-0.1, -0.05) is 48.4 Å². The maximum absolute atomic E-state index is 10.5. The summed E-state index contributed by atoms with van der Waals surface area (Å²) in [5.74, 6) is 0.731. The van der Waals surface area contributed by atoms with Crippen LogP contribution in [0, 0.1) is 6.92 Å². The van der Waals surface area contributed by atoms with E-state index in [0.29, 0.717) is 5.02 Å². The highest BCUT2D eigenvalue weighted by molar-refractivity contribution is 6.30. The smallest absolute Gasteiger partial charge is 0.104 e. The second-order valence-corrected chi connectivity index (χ2v) is 6.20. The van der Waals surface area contributed by atoms with E-state index in [9.17, 15) is 5.11 Å². The Balaban J connectivity index is 1.83. The Morgan fingerprint density at radius 1 is 1.05 bits per heavy atom. The van der Waals surface area contributed by atoms with Gasteiger partial charge in [-0.15, -0.1) is 0 Å². The molecule has 0 spiro atoms. The molecule has 0 heterocycles. The predicted octanol–water partition coefficient (Wildman–Crippen LogP) is 5.00. The van der Waals surface area contributed by atoms with Crippen molar-refractivity contribution in [2.45, 2.75) is 38.2 Å². The summed E-state index contributed by atoms with van der Waals surface area (Å²) in [6.07, 6.45) is 3.34. The van der Waals surface area contributed by atoms with E-state index in [1.807, 2.05) is 37.3 Å². The van der Waals surface area contributed by atoms with Gasteiger partial charge in [-0.25, -0.2) is 0 Å². The topological polar surface area (TPSA) is 20.2 Å². The number of aliphatic hydroxyl groups excluding tert-OH is 1. The second-order valence-electron chi connectivity index (χ2n) is 5.76. The van der Waals surface area contributed by atoms with Crippen LogP contribution in [0.5, 0.6) is 0 Å². The highest BCUT2D eigenvalue weighted by Crippen LogP contribution is 2.37. The van der Waals surface area contributed by atoms with Crippen LogP contribution in [0.25, 0.3) is 0 Å². The van der Waals surface area contributed by atoms with Crippen molar-refractivity contribution in [3.05, 3.63) is 69.7 Å². The van der Waals surface area contributed by atoms with Gasteiger partial charge in [0.25, 0.3) is 0 Å². The first-order valence-electron chi connectivity index (χ1n) is 7.18. The van der Waals surface area contributed by atoms with Crippen LogP contribution < -0.4 is 0 Å². The molecule has 1 unspecified atom stereocenters. The van der Waals surface area contributed by atoms with Crippen LogP contribution in [0.4, 0.5) is 0 Å². The number of aryl methyl sites for hydroxylation is 1. The fourth-order valence-corrected chi connectivity index (χ4v) is 3.11. The lowest BCUT2D eigenvalue weighted by atomic mass is 9.80. The van der Waals surface area contributed by atoms with Gasteiger partial charge < -0.3 is 5.11 Å². The fraction of sp³-hybridized carbons (Fsp3) is 0.333. The van der Waals surface area contributed by atoms with Crippen molar-refractivity contribution in [2.75, 3.05) is 0 Å². The van der Waals surface area contributed by atoms with Gasteiger partial charge in [0.2, 0.25) is 0 Å². The number of halogens is 1. The Bertz CT molecular complexity index is 579. The Hall–Kier alpha value is -1.31. The minimum Gasteiger partial charge on any atom is -0.384 e. The molecule has 1 aliphatic rings. The minimum absolute atomic E-state index is 0.608. The molecule has 2 heteroatoms. The fourth-order valence-electron chi connectivity index (χ4n) is 2.81. The zero-order valence-corrected chi connectivity index (χ0v) is 12.4. The van der Waals surface area contributed by atoms with Crippen molar-refractivity contribution < 1.29 is 5.11 Å². The highest BCUT2D eigenvalue weighted by atomic mass is 35.5. The van der Waals surface area contributed by atoms with Crippen LogP contribution >= 0.6 is 11.6 Å². The lowest BCUT2D eigenvalue weighted by molar-refractivity contribution is 0.220. The molecule has 1 nitrogen and oxygen atoms in total. The molecule has 1 N–H and O–H groups in total. The van der Waals surface area contributed by atoms with E-state index in [1.165, 1.54) is 24.8 Å². The second kappa shape index (κ2) is 5.59. The van der Waals surface area contributed by atoms with E-state index >= 15 is 0 Å². The van der Waals surface area contributed by atoms with Gasteiger partial charge in [0.15, 0.2) is 0 Å².